The first-order chi connectivity index (χ1) is 13.6. The van der Waals surface area contributed by atoms with Crippen molar-refractivity contribution >= 4 is 17.7 Å². The van der Waals surface area contributed by atoms with Gasteiger partial charge in [-0.05, 0) is 36.5 Å². The van der Waals surface area contributed by atoms with E-state index in [9.17, 15) is 14.4 Å². The number of hydrogen-bond acceptors (Lipinski definition) is 5. The van der Waals surface area contributed by atoms with Crippen LogP contribution in [0.5, 0.6) is 0 Å². The average molecular weight is 382 g/mol. The Hall–Kier alpha value is -2.25. The van der Waals surface area contributed by atoms with Gasteiger partial charge in [-0.25, -0.2) is 0 Å². The molecule has 3 amide bonds. The Balaban J connectivity index is 1.32. The van der Waals surface area contributed by atoms with Gasteiger partial charge in [-0.2, -0.15) is 0 Å². The van der Waals surface area contributed by atoms with E-state index in [4.69, 9.17) is 0 Å². The maximum Gasteiger partial charge on any atom is 0.255 e. The lowest BCUT2D eigenvalue weighted by atomic mass is 9.89. The normalized spacial score (nSPS) is 25.5. The molecule has 4 aliphatic rings. The summed E-state index contributed by atoms with van der Waals surface area (Å²) in [4.78, 5) is 40.7. The molecule has 1 aliphatic carbocycles. The summed E-state index contributed by atoms with van der Waals surface area (Å²) in [6.45, 7) is 3.48. The quantitative estimate of drug-likeness (QED) is 0.736. The van der Waals surface area contributed by atoms with E-state index < -0.39 is 6.04 Å². The van der Waals surface area contributed by atoms with E-state index in [1.807, 2.05) is 6.07 Å². The Morgan fingerprint density at radius 2 is 1.89 bits per heavy atom. The highest BCUT2D eigenvalue weighted by Gasteiger charge is 2.39. The summed E-state index contributed by atoms with van der Waals surface area (Å²) in [6.07, 6.45) is 4.57. The fourth-order valence-electron chi connectivity index (χ4n) is 4.72. The van der Waals surface area contributed by atoms with Crippen molar-refractivity contribution < 1.29 is 14.4 Å². The Bertz CT molecular complexity index is 817. The summed E-state index contributed by atoms with van der Waals surface area (Å²) in [7, 11) is 0. The molecule has 1 atom stereocenters. The number of hydrogen-bond donors (Lipinski definition) is 2. The zero-order valence-electron chi connectivity index (χ0n) is 15.9. The molecular formula is C21H26N4O3. The first-order valence-electron chi connectivity index (χ1n) is 10.3. The van der Waals surface area contributed by atoms with E-state index in [0.717, 1.165) is 25.2 Å². The molecule has 3 aliphatic heterocycles. The third-order valence-corrected chi connectivity index (χ3v) is 6.73. The fraction of sp³-hybridized carbons (Fsp3) is 0.571. The summed E-state index contributed by atoms with van der Waals surface area (Å²) >= 11 is 0. The highest BCUT2D eigenvalue weighted by atomic mass is 16.2. The molecule has 0 radical (unpaired) electrons. The predicted molar refractivity (Wildman–Crippen MR) is 102 cm³/mol. The second-order valence-corrected chi connectivity index (χ2v) is 8.46. The van der Waals surface area contributed by atoms with E-state index in [0.29, 0.717) is 30.6 Å². The van der Waals surface area contributed by atoms with Gasteiger partial charge in [0.05, 0.1) is 0 Å². The van der Waals surface area contributed by atoms with E-state index in [1.54, 1.807) is 4.90 Å². The van der Waals surface area contributed by atoms with E-state index >= 15 is 0 Å². The molecule has 0 spiro atoms. The molecule has 7 heteroatoms. The molecular weight excluding hydrogens is 356 g/mol. The highest BCUT2D eigenvalue weighted by molar-refractivity contribution is 6.05. The average Bonchev–Trinajstić information content (AvgIpc) is 2.88. The van der Waals surface area contributed by atoms with Gasteiger partial charge in [0.25, 0.3) is 5.91 Å². The summed E-state index contributed by atoms with van der Waals surface area (Å²) < 4.78 is 0. The molecule has 3 fully saturated rings. The molecule has 2 N–H and O–H groups in total. The minimum atomic E-state index is -0.548. The predicted octanol–water partition coefficient (Wildman–Crippen LogP) is 0.774. The minimum Gasteiger partial charge on any atom is -0.322 e. The van der Waals surface area contributed by atoms with Crippen molar-refractivity contribution in [1.29, 1.82) is 0 Å². The molecule has 2 saturated heterocycles. The van der Waals surface area contributed by atoms with Crippen LogP contribution in [-0.2, 0) is 22.7 Å². The molecule has 1 aromatic rings. The molecule has 5 rings (SSSR count). The first-order valence-corrected chi connectivity index (χ1v) is 10.3. The van der Waals surface area contributed by atoms with Crippen LogP contribution in [0.2, 0.25) is 0 Å². The van der Waals surface area contributed by atoms with Crippen molar-refractivity contribution in [3.8, 4) is 0 Å². The maximum atomic E-state index is 12.8. The maximum absolute atomic E-state index is 12.8. The van der Waals surface area contributed by atoms with Crippen LogP contribution in [0.4, 0.5) is 0 Å². The zero-order valence-corrected chi connectivity index (χ0v) is 15.9. The Morgan fingerprint density at radius 1 is 1.07 bits per heavy atom. The monoisotopic (exact) mass is 382 g/mol. The number of nitrogens with zero attached hydrogens (tertiary/aromatic N) is 2. The van der Waals surface area contributed by atoms with Gasteiger partial charge < -0.3 is 10.2 Å². The Labute approximate surface area is 164 Å². The van der Waals surface area contributed by atoms with Gasteiger partial charge in [-0.15, -0.1) is 0 Å². The minimum absolute atomic E-state index is 0.102. The van der Waals surface area contributed by atoms with Crippen LogP contribution in [0.15, 0.2) is 18.2 Å². The van der Waals surface area contributed by atoms with E-state index in [-0.39, 0.29) is 24.1 Å². The molecule has 1 aromatic carbocycles. The van der Waals surface area contributed by atoms with Crippen LogP contribution in [0.25, 0.3) is 0 Å². The van der Waals surface area contributed by atoms with Gasteiger partial charge in [-0.1, -0.05) is 18.6 Å². The van der Waals surface area contributed by atoms with Crippen LogP contribution in [0, 0.1) is 0 Å². The number of nitrogens with one attached hydrogen (secondary N) is 2. The van der Waals surface area contributed by atoms with Gasteiger partial charge in [-0.3, -0.25) is 24.6 Å². The largest absolute Gasteiger partial charge is 0.322 e. The van der Waals surface area contributed by atoms with Crippen LogP contribution in [0.1, 0.15) is 53.6 Å². The SMILES string of the molecule is O=C1CCC(N2Cc3cc(CN(C4CCC4)C4CNC4)ccc3C2=O)C(=O)N1. The van der Waals surface area contributed by atoms with E-state index in [2.05, 4.69) is 27.7 Å². The Morgan fingerprint density at radius 3 is 2.54 bits per heavy atom. The van der Waals surface area contributed by atoms with Gasteiger partial charge in [0.1, 0.15) is 6.04 Å². The van der Waals surface area contributed by atoms with Crippen molar-refractivity contribution in [2.75, 3.05) is 13.1 Å². The van der Waals surface area contributed by atoms with Crippen molar-refractivity contribution in [2.45, 2.75) is 63.3 Å². The third kappa shape index (κ3) is 3.02. The smallest absolute Gasteiger partial charge is 0.255 e. The molecule has 0 aromatic heterocycles. The second-order valence-electron chi connectivity index (χ2n) is 8.46. The molecule has 1 unspecified atom stereocenters. The number of imide groups is 1. The number of carbonyl (C=O) groups excluding carboxylic acids is 3. The Kier molecular flexibility index (Phi) is 4.44. The number of carbonyl (C=O) groups is 3. The molecule has 7 nitrogen and oxygen atoms in total. The lowest BCUT2D eigenvalue weighted by molar-refractivity contribution is -0.136. The number of rotatable bonds is 5. The molecule has 28 heavy (non-hydrogen) atoms. The molecule has 0 bridgehead atoms. The van der Waals surface area contributed by atoms with E-state index in [1.165, 1.54) is 24.8 Å². The number of benzene rings is 1. The molecule has 3 heterocycles. The van der Waals surface area contributed by atoms with Crippen molar-refractivity contribution in [3.63, 3.8) is 0 Å². The van der Waals surface area contributed by atoms with Crippen LogP contribution in [-0.4, -0.2) is 58.7 Å². The van der Waals surface area contributed by atoms with Crippen molar-refractivity contribution in [1.82, 2.24) is 20.4 Å². The second kappa shape index (κ2) is 6.97. The zero-order chi connectivity index (χ0) is 19.3. The summed E-state index contributed by atoms with van der Waals surface area (Å²) in [5.74, 6) is -0.712. The molecule has 148 valence electrons. The van der Waals surface area contributed by atoms with Gasteiger partial charge in [0.2, 0.25) is 11.8 Å². The van der Waals surface area contributed by atoms with Gasteiger partial charge >= 0.3 is 0 Å². The molecule has 1 saturated carbocycles. The third-order valence-electron chi connectivity index (χ3n) is 6.73. The number of piperidine rings is 1. The fourth-order valence-corrected chi connectivity index (χ4v) is 4.72. The summed E-state index contributed by atoms with van der Waals surface area (Å²) in [6, 6.07) is 6.85. The van der Waals surface area contributed by atoms with Crippen molar-refractivity contribution in [2.24, 2.45) is 0 Å². The number of fused-ring (bicyclic) bond motifs is 1. The lowest BCUT2D eigenvalue weighted by Gasteiger charge is -2.46. The topological polar surface area (TPSA) is 81.8 Å². The number of amides is 3. The highest BCUT2D eigenvalue weighted by Crippen LogP contribution is 2.31. The first kappa shape index (κ1) is 17.8. The standard InChI is InChI=1S/C21H26N4O3/c26-19-7-6-18(20(27)23-19)25-12-14-8-13(4-5-17(14)21(25)28)11-24(15-2-1-3-15)16-9-22-10-16/h4-5,8,15-16,18,22H,1-3,6-7,9-12H2,(H,23,26,27). The summed E-state index contributed by atoms with van der Waals surface area (Å²) in [5, 5.41) is 5.73. The lowest BCUT2D eigenvalue weighted by Crippen LogP contribution is -2.60. The van der Waals surface area contributed by atoms with Crippen LogP contribution >= 0.6 is 0 Å². The van der Waals surface area contributed by atoms with Gasteiger partial charge in [0.15, 0.2) is 0 Å². The van der Waals surface area contributed by atoms with Crippen LogP contribution < -0.4 is 10.6 Å². The summed E-state index contributed by atoms with van der Waals surface area (Å²) in [5.41, 5.74) is 2.91. The van der Waals surface area contributed by atoms with Crippen LogP contribution in [0.3, 0.4) is 0 Å². The van der Waals surface area contributed by atoms with Gasteiger partial charge in [0, 0.05) is 50.2 Å². The van der Waals surface area contributed by atoms with Crippen molar-refractivity contribution in [3.05, 3.63) is 34.9 Å².